The first-order valence-electron chi connectivity index (χ1n) is 3.70. The molecule has 0 aliphatic carbocycles. The molecule has 0 atom stereocenters. The van der Waals surface area contributed by atoms with Gasteiger partial charge in [0.05, 0.1) is 6.61 Å². The summed E-state index contributed by atoms with van der Waals surface area (Å²) in [6.07, 6.45) is 0. The van der Waals surface area contributed by atoms with Crippen LogP contribution in [0.25, 0.3) is 0 Å². The van der Waals surface area contributed by atoms with Gasteiger partial charge in [0.25, 0.3) is 0 Å². The second-order valence-electron chi connectivity index (χ2n) is 2.55. The summed E-state index contributed by atoms with van der Waals surface area (Å²) in [5.41, 5.74) is 0. The van der Waals surface area contributed by atoms with Crippen molar-refractivity contribution in [1.29, 1.82) is 0 Å². The van der Waals surface area contributed by atoms with Crippen molar-refractivity contribution in [2.24, 2.45) is 0 Å². The van der Waals surface area contributed by atoms with Crippen molar-refractivity contribution >= 4 is 17.3 Å². The number of methoxy groups -OCH3 is 1. The summed E-state index contributed by atoms with van der Waals surface area (Å²) >= 11 is 4.97. The first kappa shape index (κ1) is 10.7. The molecule has 4 heteroatoms. The van der Waals surface area contributed by atoms with Crippen LogP contribution in [0.3, 0.4) is 0 Å². The van der Waals surface area contributed by atoms with E-state index in [1.54, 1.807) is 7.11 Å². The SMILES string of the molecule is COCCNC(=S)NC(C)C. The van der Waals surface area contributed by atoms with Gasteiger partial charge in [0.15, 0.2) is 5.11 Å². The van der Waals surface area contributed by atoms with Crippen LogP contribution in [0.5, 0.6) is 0 Å². The molecule has 3 nitrogen and oxygen atoms in total. The molecule has 0 unspecified atom stereocenters. The Bertz CT molecular complexity index is 117. The number of thiocarbonyl (C=S) groups is 1. The normalized spacial score (nSPS) is 9.82. The minimum Gasteiger partial charge on any atom is -0.383 e. The summed E-state index contributed by atoms with van der Waals surface area (Å²) in [5, 5.41) is 6.77. The lowest BCUT2D eigenvalue weighted by atomic mass is 10.4. The Labute approximate surface area is 73.5 Å². The van der Waals surface area contributed by atoms with Crippen molar-refractivity contribution in [3.63, 3.8) is 0 Å². The average molecular weight is 176 g/mol. The van der Waals surface area contributed by atoms with E-state index in [1.807, 2.05) is 13.8 Å². The smallest absolute Gasteiger partial charge is 0.166 e. The minimum absolute atomic E-state index is 0.387. The number of nitrogens with one attached hydrogen (secondary N) is 2. The molecule has 0 spiro atoms. The predicted molar refractivity (Wildman–Crippen MR) is 50.7 cm³/mol. The van der Waals surface area contributed by atoms with Crippen LogP contribution in [0, 0.1) is 0 Å². The predicted octanol–water partition coefficient (Wildman–Crippen LogP) is 0.505. The van der Waals surface area contributed by atoms with Gasteiger partial charge in [-0.25, -0.2) is 0 Å². The Balaban J connectivity index is 3.23. The highest BCUT2D eigenvalue weighted by molar-refractivity contribution is 7.80. The minimum atomic E-state index is 0.387. The monoisotopic (exact) mass is 176 g/mol. The Morgan fingerprint density at radius 3 is 2.64 bits per heavy atom. The number of rotatable bonds is 4. The van der Waals surface area contributed by atoms with Crippen LogP contribution in [0.1, 0.15) is 13.8 Å². The average Bonchev–Trinajstić information content (AvgIpc) is 1.86. The van der Waals surface area contributed by atoms with E-state index in [2.05, 4.69) is 10.6 Å². The van der Waals surface area contributed by atoms with Gasteiger partial charge in [0.1, 0.15) is 0 Å². The van der Waals surface area contributed by atoms with Crippen LogP contribution in [0.2, 0.25) is 0 Å². The van der Waals surface area contributed by atoms with E-state index >= 15 is 0 Å². The lowest BCUT2D eigenvalue weighted by molar-refractivity contribution is 0.204. The molecule has 0 radical (unpaired) electrons. The first-order chi connectivity index (χ1) is 5.16. The molecule has 0 fully saturated rings. The molecule has 0 aromatic heterocycles. The molecule has 0 bridgehead atoms. The van der Waals surface area contributed by atoms with Gasteiger partial charge in [-0.15, -0.1) is 0 Å². The third-order valence-corrected chi connectivity index (χ3v) is 1.27. The third-order valence-electron chi connectivity index (χ3n) is 1.01. The summed E-state index contributed by atoms with van der Waals surface area (Å²) in [7, 11) is 1.67. The Kier molecular flexibility index (Phi) is 6.16. The van der Waals surface area contributed by atoms with E-state index in [4.69, 9.17) is 17.0 Å². The highest BCUT2D eigenvalue weighted by atomic mass is 32.1. The maximum atomic E-state index is 4.97. The van der Waals surface area contributed by atoms with Crippen molar-refractivity contribution in [3.8, 4) is 0 Å². The number of hydrogen-bond donors (Lipinski definition) is 2. The zero-order valence-corrected chi connectivity index (χ0v) is 8.12. The van der Waals surface area contributed by atoms with Crippen LogP contribution in [0.4, 0.5) is 0 Å². The summed E-state index contributed by atoms with van der Waals surface area (Å²) in [6.45, 7) is 5.53. The van der Waals surface area contributed by atoms with E-state index < -0.39 is 0 Å². The van der Waals surface area contributed by atoms with E-state index in [9.17, 15) is 0 Å². The lowest BCUT2D eigenvalue weighted by Crippen LogP contribution is -2.40. The van der Waals surface area contributed by atoms with Gasteiger partial charge < -0.3 is 15.4 Å². The molecule has 0 aliphatic heterocycles. The van der Waals surface area contributed by atoms with Crippen LogP contribution in [0.15, 0.2) is 0 Å². The second-order valence-corrected chi connectivity index (χ2v) is 2.96. The maximum absolute atomic E-state index is 4.97. The van der Waals surface area contributed by atoms with Crippen LogP contribution in [-0.2, 0) is 4.74 Å². The van der Waals surface area contributed by atoms with Gasteiger partial charge >= 0.3 is 0 Å². The third kappa shape index (κ3) is 7.55. The molecule has 0 saturated carbocycles. The summed E-state index contributed by atoms with van der Waals surface area (Å²) in [6, 6.07) is 0.387. The number of ether oxygens (including phenoxy) is 1. The van der Waals surface area contributed by atoms with Crippen molar-refractivity contribution < 1.29 is 4.74 Å². The topological polar surface area (TPSA) is 33.3 Å². The quantitative estimate of drug-likeness (QED) is 0.483. The Morgan fingerprint density at radius 1 is 1.55 bits per heavy atom. The molecule has 0 aliphatic rings. The second kappa shape index (κ2) is 6.37. The van der Waals surface area contributed by atoms with Gasteiger partial charge in [-0.05, 0) is 26.1 Å². The summed E-state index contributed by atoms with van der Waals surface area (Å²) < 4.78 is 4.85. The molecule has 0 amide bonds. The molecule has 2 N–H and O–H groups in total. The molecule has 0 aromatic carbocycles. The highest BCUT2D eigenvalue weighted by Crippen LogP contribution is 1.76. The number of hydrogen-bond acceptors (Lipinski definition) is 2. The van der Waals surface area contributed by atoms with Gasteiger partial charge in [-0.2, -0.15) is 0 Å². The molecular weight excluding hydrogens is 160 g/mol. The fourth-order valence-electron chi connectivity index (χ4n) is 0.580. The Morgan fingerprint density at radius 2 is 2.18 bits per heavy atom. The van der Waals surface area contributed by atoms with E-state index in [-0.39, 0.29) is 0 Å². The fourth-order valence-corrected chi connectivity index (χ4v) is 0.918. The van der Waals surface area contributed by atoms with E-state index in [0.29, 0.717) is 17.8 Å². The first-order valence-corrected chi connectivity index (χ1v) is 4.11. The van der Waals surface area contributed by atoms with Gasteiger partial charge in [0.2, 0.25) is 0 Å². The van der Waals surface area contributed by atoms with Crippen LogP contribution < -0.4 is 10.6 Å². The van der Waals surface area contributed by atoms with Gasteiger partial charge in [-0.3, -0.25) is 0 Å². The Hall–Kier alpha value is -0.350. The molecule has 0 heterocycles. The van der Waals surface area contributed by atoms with E-state index in [1.165, 1.54) is 0 Å². The summed E-state index contributed by atoms with van der Waals surface area (Å²) in [4.78, 5) is 0. The molecule has 0 aromatic rings. The van der Waals surface area contributed by atoms with Crippen molar-refractivity contribution in [3.05, 3.63) is 0 Å². The largest absolute Gasteiger partial charge is 0.383 e. The van der Waals surface area contributed by atoms with Crippen molar-refractivity contribution in [2.75, 3.05) is 20.3 Å². The van der Waals surface area contributed by atoms with Crippen molar-refractivity contribution in [2.45, 2.75) is 19.9 Å². The van der Waals surface area contributed by atoms with E-state index in [0.717, 1.165) is 6.54 Å². The van der Waals surface area contributed by atoms with Gasteiger partial charge in [0, 0.05) is 19.7 Å². The lowest BCUT2D eigenvalue weighted by Gasteiger charge is -2.12. The standard InChI is InChI=1S/C7H16N2OS/c1-6(2)9-7(11)8-4-5-10-3/h6H,4-5H2,1-3H3,(H2,8,9,11). The summed E-state index contributed by atoms with van der Waals surface area (Å²) in [5.74, 6) is 0. The highest BCUT2D eigenvalue weighted by Gasteiger charge is 1.95. The molecule has 0 saturated heterocycles. The molecule has 66 valence electrons. The molecule has 11 heavy (non-hydrogen) atoms. The van der Waals surface area contributed by atoms with Crippen LogP contribution >= 0.6 is 12.2 Å². The molecular formula is C7H16N2OS. The van der Waals surface area contributed by atoms with Crippen molar-refractivity contribution in [1.82, 2.24) is 10.6 Å². The zero-order valence-electron chi connectivity index (χ0n) is 7.31. The fraction of sp³-hybridized carbons (Fsp3) is 0.857. The van der Waals surface area contributed by atoms with Crippen LogP contribution in [-0.4, -0.2) is 31.4 Å². The maximum Gasteiger partial charge on any atom is 0.166 e. The van der Waals surface area contributed by atoms with Gasteiger partial charge in [-0.1, -0.05) is 0 Å². The molecule has 0 rings (SSSR count). The zero-order chi connectivity index (χ0) is 8.69.